The Kier molecular flexibility index (Phi) is 5.33. The second-order valence-corrected chi connectivity index (χ2v) is 6.10. The van der Waals surface area contributed by atoms with E-state index in [1.165, 1.54) is 11.5 Å². The number of benzene rings is 1. The van der Waals surface area contributed by atoms with Gasteiger partial charge in [-0.2, -0.15) is 9.47 Å². The summed E-state index contributed by atoms with van der Waals surface area (Å²) >= 11 is 1.21. The molecule has 0 unspecified atom stereocenters. The van der Waals surface area contributed by atoms with E-state index in [1.807, 2.05) is 39.0 Å². The predicted octanol–water partition coefficient (Wildman–Crippen LogP) is 2.57. The van der Waals surface area contributed by atoms with E-state index in [1.54, 1.807) is 6.92 Å². The Balaban J connectivity index is 1.95. The van der Waals surface area contributed by atoms with Crippen LogP contribution in [0, 0.1) is 20.8 Å². The van der Waals surface area contributed by atoms with Gasteiger partial charge in [0.2, 0.25) is 0 Å². The van der Waals surface area contributed by atoms with Crippen LogP contribution in [-0.4, -0.2) is 22.6 Å². The van der Waals surface area contributed by atoms with Crippen LogP contribution >= 0.6 is 11.5 Å². The third-order valence-corrected chi connectivity index (χ3v) is 4.07. The minimum Gasteiger partial charge on any atom is -0.483 e. The van der Waals surface area contributed by atoms with Crippen LogP contribution < -0.4 is 15.9 Å². The van der Waals surface area contributed by atoms with E-state index in [2.05, 4.69) is 14.9 Å². The quantitative estimate of drug-likeness (QED) is 0.650. The lowest BCUT2D eigenvalue weighted by molar-refractivity contribution is -0.123. The lowest BCUT2D eigenvalue weighted by atomic mass is 10.1. The smallest absolute Gasteiger partial charge is 0.277 e. The van der Waals surface area contributed by atoms with Gasteiger partial charge in [-0.25, -0.2) is 5.43 Å². The number of rotatable bonds is 5. The molecule has 6 nitrogen and oxygen atoms in total. The number of hydrogen-bond acceptors (Lipinski definition) is 6. The van der Waals surface area contributed by atoms with Crippen molar-refractivity contribution in [1.82, 2.24) is 9.80 Å². The number of carbonyl (C=O) groups is 1. The molecule has 0 aliphatic heterocycles. The first-order valence-electron chi connectivity index (χ1n) is 7.13. The van der Waals surface area contributed by atoms with Gasteiger partial charge < -0.3 is 10.5 Å². The van der Waals surface area contributed by atoms with Gasteiger partial charge in [-0.05, 0) is 56.4 Å². The minimum atomic E-state index is -0.329. The van der Waals surface area contributed by atoms with Crippen LogP contribution in [0.25, 0.3) is 0 Å². The second kappa shape index (κ2) is 7.23. The molecule has 0 bridgehead atoms. The molecule has 0 aliphatic rings. The molecule has 0 saturated heterocycles. The van der Waals surface area contributed by atoms with E-state index < -0.39 is 0 Å². The van der Waals surface area contributed by atoms with Gasteiger partial charge >= 0.3 is 0 Å². The third-order valence-electron chi connectivity index (χ3n) is 3.30. The first kappa shape index (κ1) is 17.0. The minimum absolute atomic E-state index is 0.0998. The second-order valence-electron chi connectivity index (χ2n) is 5.30. The van der Waals surface area contributed by atoms with Crippen LogP contribution in [-0.2, 0) is 4.79 Å². The molecule has 0 spiro atoms. The summed E-state index contributed by atoms with van der Waals surface area (Å²) in [4.78, 5) is 11.9. The van der Waals surface area contributed by atoms with Crippen molar-refractivity contribution in [1.29, 1.82) is 0 Å². The van der Waals surface area contributed by atoms with Crippen molar-refractivity contribution in [3.05, 3.63) is 40.6 Å². The zero-order valence-corrected chi connectivity index (χ0v) is 14.5. The Morgan fingerprint density at radius 1 is 1.39 bits per heavy atom. The molecular formula is C16H20N4O2S. The summed E-state index contributed by atoms with van der Waals surface area (Å²) in [5.74, 6) is 0.368. The van der Waals surface area contributed by atoms with Gasteiger partial charge in [0.05, 0.1) is 17.0 Å². The Morgan fingerprint density at radius 2 is 2.13 bits per heavy atom. The lowest BCUT2D eigenvalue weighted by Gasteiger charge is -2.09. The summed E-state index contributed by atoms with van der Waals surface area (Å²) in [5, 5.41) is 4.65. The topological polar surface area (TPSA) is 89.6 Å². The molecule has 1 amide bonds. The average molecular weight is 332 g/mol. The fourth-order valence-electron chi connectivity index (χ4n) is 2.07. The monoisotopic (exact) mass is 332 g/mol. The molecule has 1 aromatic carbocycles. The molecule has 0 aliphatic carbocycles. The van der Waals surface area contributed by atoms with Gasteiger partial charge in [-0.15, -0.1) is 0 Å². The zero-order chi connectivity index (χ0) is 17.0. The van der Waals surface area contributed by atoms with E-state index in [4.69, 9.17) is 10.5 Å². The molecular weight excluding hydrogens is 312 g/mol. The number of amides is 1. The highest BCUT2D eigenvalue weighted by molar-refractivity contribution is 7.10. The Labute approximate surface area is 139 Å². The molecule has 2 rings (SSSR count). The van der Waals surface area contributed by atoms with Crippen LogP contribution in [0.4, 0.5) is 5.00 Å². The van der Waals surface area contributed by atoms with Gasteiger partial charge in [0.1, 0.15) is 10.8 Å². The van der Waals surface area contributed by atoms with Crippen LogP contribution in [0.5, 0.6) is 5.75 Å². The number of carbonyl (C=O) groups excluding carboxylic acids is 1. The van der Waals surface area contributed by atoms with Crippen molar-refractivity contribution in [2.45, 2.75) is 27.7 Å². The van der Waals surface area contributed by atoms with Gasteiger partial charge in [0.25, 0.3) is 5.91 Å². The third kappa shape index (κ3) is 4.29. The summed E-state index contributed by atoms with van der Waals surface area (Å²) in [7, 11) is 0. The largest absolute Gasteiger partial charge is 0.483 e. The molecule has 3 N–H and O–H groups in total. The van der Waals surface area contributed by atoms with Crippen molar-refractivity contribution >= 4 is 28.2 Å². The van der Waals surface area contributed by atoms with E-state index in [0.717, 1.165) is 22.4 Å². The van der Waals surface area contributed by atoms with Crippen molar-refractivity contribution in [2.24, 2.45) is 5.10 Å². The van der Waals surface area contributed by atoms with E-state index in [0.29, 0.717) is 16.5 Å². The molecule has 0 radical (unpaired) electrons. The predicted molar refractivity (Wildman–Crippen MR) is 93.0 cm³/mol. The number of nitrogens with zero attached hydrogens (tertiary/aromatic N) is 2. The SMILES string of the molecule is C/C(=N/NC(=O)COc1cc(C)ccc1C)c1c(C)nsc1N. The number of ether oxygens (including phenoxy) is 1. The molecule has 0 atom stereocenters. The highest BCUT2D eigenvalue weighted by Gasteiger charge is 2.11. The molecule has 1 aromatic heterocycles. The van der Waals surface area contributed by atoms with Crippen molar-refractivity contribution in [3.63, 3.8) is 0 Å². The Morgan fingerprint density at radius 3 is 2.78 bits per heavy atom. The van der Waals surface area contributed by atoms with Gasteiger partial charge in [-0.3, -0.25) is 4.79 Å². The van der Waals surface area contributed by atoms with Crippen molar-refractivity contribution in [3.8, 4) is 5.75 Å². The maximum Gasteiger partial charge on any atom is 0.277 e. The highest BCUT2D eigenvalue weighted by Crippen LogP contribution is 2.21. The maximum atomic E-state index is 11.9. The molecule has 122 valence electrons. The normalized spacial score (nSPS) is 11.4. The Hall–Kier alpha value is -2.41. The number of hydrogen-bond donors (Lipinski definition) is 2. The fourth-order valence-corrected chi connectivity index (χ4v) is 2.78. The number of nitrogens with one attached hydrogen (secondary N) is 1. The maximum absolute atomic E-state index is 11.9. The van der Waals surface area contributed by atoms with Crippen LogP contribution in [0.1, 0.15) is 29.3 Å². The lowest BCUT2D eigenvalue weighted by Crippen LogP contribution is -2.26. The summed E-state index contributed by atoms with van der Waals surface area (Å²) in [6, 6.07) is 5.86. The zero-order valence-electron chi connectivity index (χ0n) is 13.6. The molecule has 7 heteroatoms. The first-order valence-corrected chi connectivity index (χ1v) is 7.91. The fraction of sp³-hybridized carbons (Fsp3) is 0.312. The summed E-state index contributed by atoms with van der Waals surface area (Å²) in [6.45, 7) is 7.44. The number of nitrogen functional groups attached to an aromatic ring is 1. The summed E-state index contributed by atoms with van der Waals surface area (Å²) in [6.07, 6.45) is 0. The van der Waals surface area contributed by atoms with Crippen LogP contribution in [0.3, 0.4) is 0 Å². The van der Waals surface area contributed by atoms with Crippen molar-refractivity contribution < 1.29 is 9.53 Å². The molecule has 1 heterocycles. The van der Waals surface area contributed by atoms with Gasteiger partial charge in [0.15, 0.2) is 6.61 Å². The molecule has 23 heavy (non-hydrogen) atoms. The average Bonchev–Trinajstić information content (AvgIpc) is 2.85. The number of aryl methyl sites for hydroxylation is 3. The molecule has 0 saturated carbocycles. The molecule has 0 fully saturated rings. The van der Waals surface area contributed by atoms with Crippen LogP contribution in [0.15, 0.2) is 23.3 Å². The number of nitrogens with two attached hydrogens (primary N) is 1. The van der Waals surface area contributed by atoms with E-state index in [-0.39, 0.29) is 12.5 Å². The van der Waals surface area contributed by atoms with Crippen LogP contribution in [0.2, 0.25) is 0 Å². The number of anilines is 1. The summed E-state index contributed by atoms with van der Waals surface area (Å²) < 4.78 is 9.69. The summed E-state index contributed by atoms with van der Waals surface area (Å²) in [5.41, 5.74) is 12.6. The van der Waals surface area contributed by atoms with E-state index >= 15 is 0 Å². The Bertz CT molecular complexity index is 733. The molecule has 2 aromatic rings. The number of aromatic nitrogens is 1. The first-order chi connectivity index (χ1) is 10.9. The highest BCUT2D eigenvalue weighted by atomic mass is 32.1. The van der Waals surface area contributed by atoms with Gasteiger partial charge in [0, 0.05) is 0 Å². The van der Waals surface area contributed by atoms with Gasteiger partial charge in [-0.1, -0.05) is 12.1 Å². The standard InChI is InChI=1S/C16H20N4O2S/c1-9-5-6-10(2)13(7-9)22-8-14(21)19-18-11(3)15-12(4)20-23-16(15)17/h5-7H,8,17H2,1-4H3,(H,19,21)/b18-11-. The number of hydrazone groups is 1. The van der Waals surface area contributed by atoms with Crippen molar-refractivity contribution in [2.75, 3.05) is 12.3 Å². The van der Waals surface area contributed by atoms with E-state index in [9.17, 15) is 4.79 Å².